The van der Waals surface area contributed by atoms with Gasteiger partial charge in [0.25, 0.3) is 0 Å². The third-order valence-corrected chi connectivity index (χ3v) is 10.7. The SMILES string of the molecule is NCC[P+](I)(c1ccccc1)c1ccccc1. The molecule has 88 valence electrons. The minimum Gasteiger partial charge on any atom is -0.327 e. The molecular formula is C14H16INP+. The lowest BCUT2D eigenvalue weighted by Gasteiger charge is -2.19. The Hall–Kier alpha value is -0.440. The average molecular weight is 356 g/mol. The minimum atomic E-state index is -1.33. The topological polar surface area (TPSA) is 26.0 Å². The van der Waals surface area contributed by atoms with E-state index in [0.29, 0.717) is 0 Å². The predicted molar refractivity (Wildman–Crippen MR) is 87.0 cm³/mol. The van der Waals surface area contributed by atoms with Gasteiger partial charge in [0, 0.05) is 6.54 Å². The summed E-state index contributed by atoms with van der Waals surface area (Å²) < 4.78 is 0. The van der Waals surface area contributed by atoms with Gasteiger partial charge in [0.1, 0.15) is 15.5 Å². The van der Waals surface area contributed by atoms with E-state index in [1.54, 1.807) is 0 Å². The quantitative estimate of drug-likeness (QED) is 0.662. The molecule has 0 radical (unpaired) electrons. The zero-order chi connectivity index (χ0) is 12.1. The molecule has 0 unspecified atom stereocenters. The molecular weight excluding hydrogens is 340 g/mol. The second kappa shape index (κ2) is 5.94. The Labute approximate surface area is 116 Å². The van der Waals surface area contributed by atoms with Gasteiger partial charge in [-0.15, -0.1) is 0 Å². The number of nitrogens with two attached hydrogens (primary N) is 1. The van der Waals surface area contributed by atoms with E-state index in [9.17, 15) is 0 Å². The van der Waals surface area contributed by atoms with Gasteiger partial charge in [-0.3, -0.25) is 0 Å². The maximum absolute atomic E-state index is 5.81. The lowest BCUT2D eigenvalue weighted by atomic mass is 10.4. The zero-order valence-corrected chi connectivity index (χ0v) is 12.6. The Kier molecular flexibility index (Phi) is 4.55. The highest BCUT2D eigenvalue weighted by Gasteiger charge is 2.39. The molecule has 0 heterocycles. The Morgan fingerprint density at radius 1 is 0.824 bits per heavy atom. The first-order valence-electron chi connectivity index (χ1n) is 5.66. The van der Waals surface area contributed by atoms with E-state index >= 15 is 0 Å². The van der Waals surface area contributed by atoms with Crippen LogP contribution in [-0.2, 0) is 0 Å². The minimum absolute atomic E-state index is 0.737. The fourth-order valence-electron chi connectivity index (χ4n) is 1.91. The molecule has 0 aliphatic carbocycles. The van der Waals surface area contributed by atoms with Crippen LogP contribution in [0, 0.1) is 0 Å². The van der Waals surface area contributed by atoms with Gasteiger partial charge < -0.3 is 5.73 Å². The summed E-state index contributed by atoms with van der Waals surface area (Å²) in [7, 11) is 0. The highest BCUT2D eigenvalue weighted by Crippen LogP contribution is 2.63. The summed E-state index contributed by atoms with van der Waals surface area (Å²) in [6.07, 6.45) is 1.06. The van der Waals surface area contributed by atoms with Crippen molar-refractivity contribution in [2.75, 3.05) is 12.7 Å². The van der Waals surface area contributed by atoms with Crippen molar-refractivity contribution in [3.63, 3.8) is 0 Å². The van der Waals surface area contributed by atoms with Crippen LogP contribution < -0.4 is 16.3 Å². The second-order valence-corrected chi connectivity index (χ2v) is 11.8. The van der Waals surface area contributed by atoms with Crippen LogP contribution in [0.15, 0.2) is 60.7 Å². The van der Waals surface area contributed by atoms with Gasteiger partial charge in [-0.1, -0.05) is 36.4 Å². The molecule has 0 aromatic heterocycles. The van der Waals surface area contributed by atoms with Crippen molar-refractivity contribution in [2.45, 2.75) is 0 Å². The van der Waals surface area contributed by atoms with Gasteiger partial charge in [0.15, 0.2) is 22.0 Å². The molecule has 2 rings (SSSR count). The number of rotatable bonds is 4. The number of halogens is 1. The summed E-state index contributed by atoms with van der Waals surface area (Å²) in [5, 5.41) is 2.86. The van der Waals surface area contributed by atoms with Crippen molar-refractivity contribution in [1.29, 1.82) is 0 Å². The highest BCUT2D eigenvalue weighted by atomic mass is 127. The molecule has 2 aromatic carbocycles. The number of hydrogen-bond acceptors (Lipinski definition) is 1. The smallest absolute Gasteiger partial charge is 0.167 e. The van der Waals surface area contributed by atoms with Crippen LogP contribution in [-0.4, -0.2) is 12.7 Å². The van der Waals surface area contributed by atoms with Crippen molar-refractivity contribution in [3.8, 4) is 0 Å². The number of benzene rings is 2. The first-order chi connectivity index (χ1) is 8.27. The summed E-state index contributed by atoms with van der Waals surface area (Å²) in [5.41, 5.74) is 5.81. The second-order valence-electron chi connectivity index (χ2n) is 3.90. The van der Waals surface area contributed by atoms with Crippen LogP contribution in [0.3, 0.4) is 0 Å². The van der Waals surface area contributed by atoms with E-state index in [1.165, 1.54) is 10.6 Å². The average Bonchev–Trinajstić information content (AvgIpc) is 2.41. The van der Waals surface area contributed by atoms with Crippen molar-refractivity contribution >= 4 is 37.6 Å². The molecule has 0 saturated carbocycles. The molecule has 2 aromatic rings. The molecule has 0 amide bonds. The molecule has 0 fully saturated rings. The van der Waals surface area contributed by atoms with Gasteiger partial charge in [-0.25, -0.2) is 0 Å². The van der Waals surface area contributed by atoms with Gasteiger partial charge >= 0.3 is 0 Å². The van der Waals surface area contributed by atoms with Crippen LogP contribution in [0.5, 0.6) is 0 Å². The van der Waals surface area contributed by atoms with Crippen LogP contribution in [0.4, 0.5) is 0 Å². The Balaban J connectivity index is 2.47. The van der Waals surface area contributed by atoms with E-state index < -0.39 is 4.90 Å². The standard InChI is InChI=1S/C14H16INP/c15-17(12-11-16,13-7-3-1-4-8-13)14-9-5-2-6-10-14/h1-10H,11-12,16H2/q+1. The first-order valence-corrected chi connectivity index (χ1v) is 10.4. The van der Waals surface area contributed by atoms with Crippen molar-refractivity contribution in [3.05, 3.63) is 60.7 Å². The lowest BCUT2D eigenvalue weighted by Crippen LogP contribution is -2.23. The molecule has 2 N–H and O–H groups in total. The van der Waals surface area contributed by atoms with E-state index in [2.05, 4.69) is 82.7 Å². The predicted octanol–water partition coefficient (Wildman–Crippen LogP) is 2.96. The lowest BCUT2D eigenvalue weighted by molar-refractivity contribution is 1.14. The molecule has 17 heavy (non-hydrogen) atoms. The third kappa shape index (κ3) is 2.87. The third-order valence-electron chi connectivity index (χ3n) is 2.77. The summed E-state index contributed by atoms with van der Waals surface area (Å²) in [6.45, 7) is 0.737. The fraction of sp³-hybridized carbons (Fsp3) is 0.143. The van der Waals surface area contributed by atoms with E-state index in [-0.39, 0.29) is 0 Å². The molecule has 0 spiro atoms. The molecule has 3 heteroatoms. The Morgan fingerprint density at radius 3 is 1.59 bits per heavy atom. The van der Waals surface area contributed by atoms with Crippen molar-refractivity contribution in [2.24, 2.45) is 5.73 Å². The Morgan fingerprint density at radius 2 is 1.24 bits per heavy atom. The molecule has 1 nitrogen and oxygen atoms in total. The highest BCUT2D eigenvalue weighted by molar-refractivity contribution is 14.2. The summed E-state index contributed by atoms with van der Waals surface area (Å²) in [6, 6.07) is 21.5. The molecule has 0 saturated heterocycles. The van der Waals surface area contributed by atoms with Crippen LogP contribution in [0.1, 0.15) is 0 Å². The normalized spacial score (nSPS) is 11.4. The van der Waals surface area contributed by atoms with E-state index in [4.69, 9.17) is 5.73 Å². The first kappa shape index (κ1) is 13.0. The maximum atomic E-state index is 5.81. The van der Waals surface area contributed by atoms with Gasteiger partial charge in [-0.05, 0) is 24.3 Å². The monoisotopic (exact) mass is 356 g/mol. The molecule has 0 atom stereocenters. The molecule has 0 bridgehead atoms. The van der Waals surface area contributed by atoms with Crippen LogP contribution in [0.25, 0.3) is 0 Å². The van der Waals surface area contributed by atoms with Gasteiger partial charge in [-0.2, -0.15) is 0 Å². The summed E-state index contributed by atoms with van der Waals surface area (Å²) >= 11 is 2.64. The summed E-state index contributed by atoms with van der Waals surface area (Å²) in [5.74, 6) is 0. The van der Waals surface area contributed by atoms with Gasteiger partial charge in [0.05, 0.1) is 6.16 Å². The summed E-state index contributed by atoms with van der Waals surface area (Å²) in [4.78, 5) is -1.33. The van der Waals surface area contributed by atoms with Crippen molar-refractivity contribution in [1.82, 2.24) is 0 Å². The zero-order valence-electron chi connectivity index (χ0n) is 9.59. The number of hydrogen-bond donors (Lipinski definition) is 1. The maximum Gasteiger partial charge on any atom is 0.167 e. The largest absolute Gasteiger partial charge is 0.327 e. The Bertz CT molecular complexity index is 419. The van der Waals surface area contributed by atoms with Gasteiger partial charge in [0.2, 0.25) is 0 Å². The van der Waals surface area contributed by atoms with Crippen LogP contribution in [0.2, 0.25) is 0 Å². The van der Waals surface area contributed by atoms with E-state index in [1.807, 2.05) is 0 Å². The van der Waals surface area contributed by atoms with Crippen molar-refractivity contribution < 1.29 is 0 Å². The van der Waals surface area contributed by atoms with Crippen LogP contribution >= 0.6 is 26.9 Å². The van der Waals surface area contributed by atoms with E-state index in [0.717, 1.165) is 12.7 Å². The molecule has 0 aliphatic rings. The fourth-order valence-corrected chi connectivity index (χ4v) is 7.14. The molecule has 0 aliphatic heterocycles.